The minimum absolute atomic E-state index is 0.530. The summed E-state index contributed by atoms with van der Waals surface area (Å²) in [7, 11) is 0. The molecule has 1 unspecified atom stereocenters. The first-order chi connectivity index (χ1) is 8.74. The van der Waals surface area contributed by atoms with Gasteiger partial charge in [0.15, 0.2) is 0 Å². The van der Waals surface area contributed by atoms with Crippen molar-refractivity contribution >= 4 is 21.7 Å². The van der Waals surface area contributed by atoms with E-state index < -0.39 is 0 Å². The summed E-state index contributed by atoms with van der Waals surface area (Å²) in [4.78, 5) is 11.2. The first-order valence-electron chi connectivity index (χ1n) is 6.55. The van der Waals surface area contributed by atoms with E-state index in [-0.39, 0.29) is 0 Å². The van der Waals surface area contributed by atoms with E-state index >= 15 is 0 Å². The Morgan fingerprint density at radius 2 is 2.28 bits per heavy atom. The average molecular weight is 314 g/mol. The van der Waals surface area contributed by atoms with Gasteiger partial charge in [0.1, 0.15) is 11.6 Å². The Morgan fingerprint density at radius 1 is 1.44 bits per heavy atom. The van der Waals surface area contributed by atoms with E-state index in [1.807, 2.05) is 19.9 Å². The molecule has 1 aromatic heterocycles. The maximum atomic E-state index is 5.50. The lowest BCUT2D eigenvalue weighted by Gasteiger charge is -2.35. The van der Waals surface area contributed by atoms with Gasteiger partial charge in [-0.05, 0) is 33.1 Å². The molecule has 2 heterocycles. The lowest BCUT2D eigenvalue weighted by molar-refractivity contribution is 0.325. The number of piperidine rings is 1. The van der Waals surface area contributed by atoms with Crippen molar-refractivity contribution in [3.63, 3.8) is 0 Å². The predicted molar refractivity (Wildman–Crippen MR) is 76.7 cm³/mol. The Kier molecular flexibility index (Phi) is 4.80. The zero-order chi connectivity index (χ0) is 13.0. The van der Waals surface area contributed by atoms with Gasteiger partial charge < -0.3 is 9.64 Å². The largest absolute Gasteiger partial charge is 0.478 e. The molecular weight excluding hydrogens is 294 g/mol. The second-order valence-corrected chi connectivity index (χ2v) is 5.19. The Morgan fingerprint density at radius 3 is 3.00 bits per heavy atom. The molecule has 0 amide bonds. The first-order valence-corrected chi connectivity index (χ1v) is 7.67. The summed E-state index contributed by atoms with van der Waals surface area (Å²) >= 11 is 3.60. The number of hydrogen-bond acceptors (Lipinski definition) is 4. The number of anilines is 1. The van der Waals surface area contributed by atoms with Crippen LogP contribution >= 0.6 is 15.9 Å². The number of halogens is 1. The summed E-state index contributed by atoms with van der Waals surface area (Å²) in [5.41, 5.74) is 0. The molecule has 5 heteroatoms. The van der Waals surface area contributed by atoms with Crippen molar-refractivity contribution in [2.45, 2.75) is 39.2 Å². The summed E-state index contributed by atoms with van der Waals surface area (Å²) in [6.07, 6.45) is 3.75. The molecule has 1 atom stereocenters. The van der Waals surface area contributed by atoms with Crippen molar-refractivity contribution in [2.75, 3.05) is 23.4 Å². The lowest BCUT2D eigenvalue weighted by atomic mass is 10.0. The van der Waals surface area contributed by atoms with Crippen LogP contribution in [0.4, 0.5) is 5.82 Å². The number of nitrogens with zero attached hydrogens (tertiary/aromatic N) is 3. The molecule has 1 aliphatic heterocycles. The van der Waals surface area contributed by atoms with E-state index in [1.165, 1.54) is 19.3 Å². The highest BCUT2D eigenvalue weighted by molar-refractivity contribution is 9.09. The summed E-state index contributed by atoms with van der Waals surface area (Å²) in [5, 5.41) is 0.986. The third-order valence-corrected chi connectivity index (χ3v) is 3.94. The van der Waals surface area contributed by atoms with Crippen LogP contribution < -0.4 is 9.64 Å². The fourth-order valence-electron chi connectivity index (χ4n) is 2.36. The molecule has 18 heavy (non-hydrogen) atoms. The highest BCUT2D eigenvalue weighted by Gasteiger charge is 2.23. The van der Waals surface area contributed by atoms with Gasteiger partial charge in [-0.25, -0.2) is 4.98 Å². The molecule has 0 aliphatic carbocycles. The predicted octanol–water partition coefficient (Wildman–Crippen LogP) is 2.94. The second kappa shape index (κ2) is 6.36. The van der Waals surface area contributed by atoms with E-state index in [0.717, 1.165) is 23.5 Å². The molecule has 100 valence electrons. The van der Waals surface area contributed by atoms with Crippen LogP contribution in [0.3, 0.4) is 0 Å². The van der Waals surface area contributed by atoms with E-state index in [2.05, 4.69) is 30.8 Å². The smallest absolute Gasteiger partial charge is 0.218 e. The SMILES string of the molecule is CCOc1cc(N2CCCCC2CBr)nc(C)n1. The van der Waals surface area contributed by atoms with Crippen molar-refractivity contribution in [1.82, 2.24) is 9.97 Å². The van der Waals surface area contributed by atoms with Crippen molar-refractivity contribution in [1.29, 1.82) is 0 Å². The third kappa shape index (κ3) is 3.13. The summed E-state index contributed by atoms with van der Waals surface area (Å²) in [6, 6.07) is 2.49. The van der Waals surface area contributed by atoms with Crippen LogP contribution in [0.15, 0.2) is 6.07 Å². The number of aromatic nitrogens is 2. The minimum Gasteiger partial charge on any atom is -0.478 e. The van der Waals surface area contributed by atoms with Crippen LogP contribution in [0.2, 0.25) is 0 Å². The molecule has 1 fully saturated rings. The van der Waals surface area contributed by atoms with Gasteiger partial charge in [-0.1, -0.05) is 15.9 Å². The maximum absolute atomic E-state index is 5.50. The Balaban J connectivity index is 2.24. The zero-order valence-corrected chi connectivity index (χ0v) is 12.6. The zero-order valence-electron chi connectivity index (χ0n) is 11.0. The summed E-state index contributed by atoms with van der Waals surface area (Å²) < 4.78 is 5.50. The fourth-order valence-corrected chi connectivity index (χ4v) is 3.03. The number of rotatable bonds is 4. The Bertz CT molecular complexity index is 400. The van der Waals surface area contributed by atoms with Gasteiger partial charge in [-0.2, -0.15) is 4.98 Å². The lowest BCUT2D eigenvalue weighted by Crippen LogP contribution is -2.41. The van der Waals surface area contributed by atoms with E-state index in [1.54, 1.807) is 0 Å². The molecule has 0 aromatic carbocycles. The molecule has 1 saturated heterocycles. The van der Waals surface area contributed by atoms with Crippen molar-refractivity contribution < 1.29 is 4.74 Å². The van der Waals surface area contributed by atoms with Crippen LogP contribution in [0.1, 0.15) is 32.0 Å². The molecule has 0 N–H and O–H groups in total. The number of hydrogen-bond donors (Lipinski definition) is 0. The number of ether oxygens (including phenoxy) is 1. The van der Waals surface area contributed by atoms with Crippen LogP contribution in [0.5, 0.6) is 5.88 Å². The van der Waals surface area contributed by atoms with Crippen LogP contribution in [0, 0.1) is 6.92 Å². The molecule has 1 aromatic rings. The van der Waals surface area contributed by atoms with Crippen LogP contribution in [-0.2, 0) is 0 Å². The van der Waals surface area contributed by atoms with Gasteiger partial charge in [0.2, 0.25) is 5.88 Å². The second-order valence-electron chi connectivity index (χ2n) is 4.54. The Labute approximate surface area is 117 Å². The highest BCUT2D eigenvalue weighted by Crippen LogP contribution is 2.26. The minimum atomic E-state index is 0.530. The van der Waals surface area contributed by atoms with Crippen molar-refractivity contribution in [2.24, 2.45) is 0 Å². The molecule has 4 nitrogen and oxygen atoms in total. The monoisotopic (exact) mass is 313 g/mol. The van der Waals surface area contributed by atoms with Gasteiger partial charge >= 0.3 is 0 Å². The van der Waals surface area contributed by atoms with Crippen molar-refractivity contribution in [3.8, 4) is 5.88 Å². The molecule has 0 saturated carbocycles. The highest BCUT2D eigenvalue weighted by atomic mass is 79.9. The summed E-state index contributed by atoms with van der Waals surface area (Å²) in [5.74, 6) is 2.45. The molecular formula is C13H20BrN3O. The average Bonchev–Trinajstić information content (AvgIpc) is 2.38. The molecule has 0 spiro atoms. The van der Waals surface area contributed by atoms with Crippen LogP contribution in [-0.4, -0.2) is 34.5 Å². The van der Waals surface area contributed by atoms with Gasteiger partial charge in [0, 0.05) is 24.0 Å². The van der Waals surface area contributed by atoms with E-state index in [9.17, 15) is 0 Å². The molecule has 2 rings (SSSR count). The maximum Gasteiger partial charge on any atom is 0.218 e. The third-order valence-electron chi connectivity index (χ3n) is 3.19. The first kappa shape index (κ1) is 13.6. The van der Waals surface area contributed by atoms with E-state index in [4.69, 9.17) is 4.74 Å². The standard InChI is InChI=1S/C13H20BrN3O/c1-3-18-13-8-12(15-10(2)16-13)17-7-5-4-6-11(17)9-14/h8,11H,3-7,9H2,1-2H3. The fraction of sp³-hybridized carbons (Fsp3) is 0.692. The van der Waals surface area contributed by atoms with Gasteiger partial charge in [-0.3, -0.25) is 0 Å². The summed E-state index contributed by atoms with van der Waals surface area (Å²) in [6.45, 7) is 5.59. The van der Waals surface area contributed by atoms with Gasteiger partial charge in [-0.15, -0.1) is 0 Å². The van der Waals surface area contributed by atoms with Gasteiger partial charge in [0.25, 0.3) is 0 Å². The topological polar surface area (TPSA) is 38.2 Å². The van der Waals surface area contributed by atoms with Crippen molar-refractivity contribution in [3.05, 3.63) is 11.9 Å². The molecule has 0 radical (unpaired) electrons. The number of aryl methyl sites for hydroxylation is 1. The quantitative estimate of drug-likeness (QED) is 0.801. The normalized spacial score (nSPS) is 19.9. The molecule has 0 bridgehead atoms. The van der Waals surface area contributed by atoms with Gasteiger partial charge in [0.05, 0.1) is 6.61 Å². The molecule has 1 aliphatic rings. The number of alkyl halides is 1. The Hall–Kier alpha value is -0.840. The van der Waals surface area contributed by atoms with Crippen LogP contribution in [0.25, 0.3) is 0 Å². The van der Waals surface area contributed by atoms with E-state index in [0.29, 0.717) is 18.5 Å².